The highest BCUT2D eigenvalue weighted by Gasteiger charge is 2.34. The Labute approximate surface area is 239 Å². The molecular weight excluding hydrogens is 506 g/mol. The molecule has 3 unspecified atom stereocenters. The molecule has 210 valence electrons. The van der Waals surface area contributed by atoms with Crippen molar-refractivity contribution in [1.29, 1.82) is 0 Å². The number of ether oxygens (including phenoxy) is 1. The number of fused-ring (bicyclic) bond motifs is 1. The van der Waals surface area contributed by atoms with Crippen molar-refractivity contribution in [3.63, 3.8) is 0 Å². The van der Waals surface area contributed by atoms with E-state index in [0.29, 0.717) is 12.5 Å². The summed E-state index contributed by atoms with van der Waals surface area (Å²) in [6.45, 7) is 13.3. The molecule has 39 heavy (non-hydrogen) atoms. The van der Waals surface area contributed by atoms with E-state index >= 15 is 0 Å². The number of benzene rings is 1. The summed E-state index contributed by atoms with van der Waals surface area (Å²) in [5.41, 5.74) is 4.38. The van der Waals surface area contributed by atoms with Crippen LogP contribution in [0.15, 0.2) is 83.3 Å². The Hall–Kier alpha value is -2.31. The van der Waals surface area contributed by atoms with E-state index in [1.165, 1.54) is 35.2 Å². The number of allylic oxidation sites excluding steroid dienone is 4. The fourth-order valence-electron chi connectivity index (χ4n) is 6.26. The van der Waals surface area contributed by atoms with Gasteiger partial charge in [0.05, 0.1) is 11.6 Å². The normalized spacial score (nSPS) is 26.3. The van der Waals surface area contributed by atoms with E-state index in [1.807, 2.05) is 32.2 Å². The number of dihydropyridines is 1. The topological polar surface area (TPSA) is 48.0 Å². The van der Waals surface area contributed by atoms with Gasteiger partial charge in [-0.25, -0.2) is 0 Å². The Bertz CT molecular complexity index is 1160. The summed E-state index contributed by atoms with van der Waals surface area (Å²) in [5, 5.41) is 15.0. The molecule has 0 spiro atoms. The van der Waals surface area contributed by atoms with Crippen molar-refractivity contribution in [1.82, 2.24) is 15.1 Å². The van der Waals surface area contributed by atoms with Gasteiger partial charge in [-0.05, 0) is 99.3 Å². The molecule has 2 N–H and O–H groups in total. The SMILES string of the molecule is CCN(Cc1ccc(Cl)cc1)CC1CCN(CC/C=C2\C3=CC=CNC3COC3=C2CC(C(C)(C)O)C=C3)C1. The van der Waals surface area contributed by atoms with Gasteiger partial charge < -0.3 is 20.1 Å². The van der Waals surface area contributed by atoms with E-state index in [4.69, 9.17) is 16.3 Å². The molecular formula is C33H44ClN3O2. The molecule has 1 aliphatic carbocycles. The number of rotatable bonds is 9. The summed E-state index contributed by atoms with van der Waals surface area (Å²) in [7, 11) is 0. The quantitative estimate of drug-likeness (QED) is 0.405. The van der Waals surface area contributed by atoms with Gasteiger partial charge in [-0.1, -0.05) is 48.9 Å². The van der Waals surface area contributed by atoms with Crippen molar-refractivity contribution in [2.75, 3.05) is 39.3 Å². The second-order valence-electron chi connectivity index (χ2n) is 12.0. The van der Waals surface area contributed by atoms with Gasteiger partial charge in [-0.3, -0.25) is 4.90 Å². The molecule has 0 saturated carbocycles. The largest absolute Gasteiger partial charge is 0.491 e. The number of hydrogen-bond donors (Lipinski definition) is 2. The molecule has 0 aromatic heterocycles. The van der Waals surface area contributed by atoms with Gasteiger partial charge >= 0.3 is 0 Å². The number of nitrogens with zero attached hydrogens (tertiary/aromatic N) is 2. The number of aliphatic hydroxyl groups is 1. The van der Waals surface area contributed by atoms with Crippen molar-refractivity contribution < 1.29 is 9.84 Å². The summed E-state index contributed by atoms with van der Waals surface area (Å²) in [6, 6.07) is 8.41. The zero-order valence-corrected chi connectivity index (χ0v) is 24.5. The van der Waals surface area contributed by atoms with Gasteiger partial charge in [0, 0.05) is 42.7 Å². The molecule has 0 bridgehead atoms. The van der Waals surface area contributed by atoms with Crippen LogP contribution in [0.5, 0.6) is 0 Å². The molecule has 1 aromatic carbocycles. The van der Waals surface area contributed by atoms with Crippen LogP contribution in [0.3, 0.4) is 0 Å². The average Bonchev–Trinajstić information content (AvgIpc) is 3.31. The second kappa shape index (κ2) is 12.5. The van der Waals surface area contributed by atoms with E-state index in [0.717, 1.165) is 56.3 Å². The van der Waals surface area contributed by atoms with Crippen LogP contribution in [-0.2, 0) is 11.3 Å². The molecule has 0 amide bonds. The summed E-state index contributed by atoms with van der Waals surface area (Å²) in [5.74, 6) is 1.74. The van der Waals surface area contributed by atoms with Crippen molar-refractivity contribution >= 4 is 11.6 Å². The Balaban J connectivity index is 1.22. The molecule has 3 aliphatic heterocycles. The fourth-order valence-corrected chi connectivity index (χ4v) is 6.39. The number of nitrogens with one attached hydrogen (secondary N) is 1. The minimum Gasteiger partial charge on any atom is -0.491 e. The highest BCUT2D eigenvalue weighted by Crippen LogP contribution is 2.40. The third-order valence-corrected chi connectivity index (χ3v) is 8.89. The maximum atomic E-state index is 10.8. The first-order valence-electron chi connectivity index (χ1n) is 14.6. The van der Waals surface area contributed by atoms with E-state index in [9.17, 15) is 5.11 Å². The lowest BCUT2D eigenvalue weighted by Gasteiger charge is -2.31. The molecule has 5 rings (SSSR count). The van der Waals surface area contributed by atoms with Crippen molar-refractivity contribution in [2.24, 2.45) is 11.8 Å². The van der Waals surface area contributed by atoms with Crippen LogP contribution in [0.2, 0.25) is 5.02 Å². The number of halogens is 1. The summed E-state index contributed by atoms with van der Waals surface area (Å²) in [6.07, 6.45) is 16.0. The minimum atomic E-state index is -0.768. The predicted molar refractivity (Wildman–Crippen MR) is 160 cm³/mol. The first-order valence-corrected chi connectivity index (χ1v) is 15.0. The van der Waals surface area contributed by atoms with Crippen LogP contribution in [-0.4, -0.2) is 65.9 Å². The predicted octanol–water partition coefficient (Wildman–Crippen LogP) is 5.84. The molecule has 4 aliphatic rings. The van der Waals surface area contributed by atoms with Crippen LogP contribution < -0.4 is 5.32 Å². The Kier molecular flexibility index (Phi) is 9.02. The Morgan fingerprint density at radius 3 is 2.85 bits per heavy atom. The third kappa shape index (κ3) is 7.07. The van der Waals surface area contributed by atoms with Gasteiger partial charge in [0.2, 0.25) is 0 Å². The van der Waals surface area contributed by atoms with Gasteiger partial charge in [-0.15, -0.1) is 0 Å². The maximum absolute atomic E-state index is 10.8. The standard InChI is InChI=1S/C33H44ClN3O2/c1-4-36(20-24-9-12-27(34)13-10-24)21-25-15-18-37(22-25)17-6-8-28-29-7-5-16-35-31(29)23-39-32-14-11-26(19-30(28)32)33(2,3)38/h5,7-14,16,25-26,31,35,38H,4,6,15,17-23H2,1-3H3/b28-8+. The van der Waals surface area contributed by atoms with Crippen LogP contribution in [0.4, 0.5) is 0 Å². The molecule has 0 radical (unpaired) electrons. The molecule has 3 atom stereocenters. The third-order valence-electron chi connectivity index (χ3n) is 8.64. The summed E-state index contributed by atoms with van der Waals surface area (Å²) in [4.78, 5) is 5.19. The molecule has 6 heteroatoms. The first-order chi connectivity index (χ1) is 18.8. The van der Waals surface area contributed by atoms with Gasteiger partial charge in [0.15, 0.2) is 0 Å². The summed E-state index contributed by atoms with van der Waals surface area (Å²) >= 11 is 6.07. The highest BCUT2D eigenvalue weighted by atomic mass is 35.5. The van der Waals surface area contributed by atoms with Crippen LogP contribution >= 0.6 is 11.6 Å². The minimum absolute atomic E-state index is 0.0706. The van der Waals surface area contributed by atoms with Gasteiger partial charge in [0.25, 0.3) is 0 Å². The highest BCUT2D eigenvalue weighted by molar-refractivity contribution is 6.30. The zero-order valence-electron chi connectivity index (χ0n) is 23.7. The van der Waals surface area contributed by atoms with Crippen LogP contribution in [0.1, 0.15) is 45.6 Å². The fraction of sp³-hybridized carbons (Fsp3) is 0.515. The zero-order chi connectivity index (χ0) is 27.4. The Morgan fingerprint density at radius 1 is 1.26 bits per heavy atom. The second-order valence-corrected chi connectivity index (χ2v) is 12.4. The number of likely N-dealkylation sites (tertiary alicyclic amines) is 1. The lowest BCUT2D eigenvalue weighted by Crippen LogP contribution is -2.33. The monoisotopic (exact) mass is 549 g/mol. The van der Waals surface area contributed by atoms with Crippen LogP contribution in [0, 0.1) is 11.8 Å². The van der Waals surface area contributed by atoms with Gasteiger partial charge in [0.1, 0.15) is 12.4 Å². The van der Waals surface area contributed by atoms with Crippen molar-refractivity contribution in [2.45, 2.75) is 58.2 Å². The first kappa shape index (κ1) is 28.2. The van der Waals surface area contributed by atoms with E-state index in [2.05, 4.69) is 64.6 Å². The van der Waals surface area contributed by atoms with E-state index < -0.39 is 5.60 Å². The van der Waals surface area contributed by atoms with E-state index in [1.54, 1.807) is 0 Å². The molecule has 5 nitrogen and oxygen atoms in total. The van der Waals surface area contributed by atoms with Crippen molar-refractivity contribution in [3.8, 4) is 0 Å². The number of hydrogen-bond acceptors (Lipinski definition) is 5. The van der Waals surface area contributed by atoms with E-state index in [-0.39, 0.29) is 12.0 Å². The molecule has 1 fully saturated rings. The molecule has 1 saturated heterocycles. The van der Waals surface area contributed by atoms with Crippen LogP contribution in [0.25, 0.3) is 0 Å². The molecule has 1 aromatic rings. The van der Waals surface area contributed by atoms with Gasteiger partial charge in [-0.2, -0.15) is 0 Å². The smallest absolute Gasteiger partial charge is 0.122 e. The lowest BCUT2D eigenvalue weighted by molar-refractivity contribution is 0.0358. The maximum Gasteiger partial charge on any atom is 0.122 e. The molecule has 3 heterocycles. The van der Waals surface area contributed by atoms with Crippen molar-refractivity contribution in [3.05, 3.63) is 93.9 Å². The Morgan fingerprint density at radius 2 is 2.08 bits per heavy atom. The average molecular weight is 550 g/mol. The summed E-state index contributed by atoms with van der Waals surface area (Å²) < 4.78 is 6.27. The lowest BCUT2D eigenvalue weighted by atomic mass is 9.78.